The molecule has 0 saturated carbocycles. The number of aryl methyl sites for hydroxylation is 1. The van der Waals surface area contributed by atoms with Crippen LogP contribution in [0.2, 0.25) is 0 Å². The maximum Gasteiger partial charge on any atom is 0.164 e. The fourth-order valence-corrected chi connectivity index (χ4v) is 2.79. The minimum Gasteiger partial charge on any atom is -0.297 e. The third-order valence-electron chi connectivity index (χ3n) is 3.17. The van der Waals surface area contributed by atoms with E-state index in [4.69, 9.17) is 0 Å². The van der Waals surface area contributed by atoms with Gasteiger partial charge in [0, 0.05) is 4.90 Å². The van der Waals surface area contributed by atoms with Crippen molar-refractivity contribution in [3.63, 3.8) is 0 Å². The van der Waals surface area contributed by atoms with E-state index in [1.54, 1.807) is 16.4 Å². The average molecular weight is 297 g/mol. The average Bonchev–Trinajstić information content (AvgIpc) is 2.90. The Morgan fingerprint density at radius 3 is 2.71 bits per heavy atom. The molecule has 0 aliphatic heterocycles. The van der Waals surface area contributed by atoms with Gasteiger partial charge in [0.05, 0.1) is 11.3 Å². The lowest BCUT2D eigenvalue weighted by atomic mass is 10.2. The van der Waals surface area contributed by atoms with Gasteiger partial charge < -0.3 is 0 Å². The largest absolute Gasteiger partial charge is 0.297 e. The number of thioether (sulfide) groups is 1. The smallest absolute Gasteiger partial charge is 0.164 e. The number of ketones is 1. The predicted molar refractivity (Wildman–Crippen MR) is 84.4 cm³/mol. The lowest BCUT2D eigenvalue weighted by Crippen LogP contribution is -2.13. The Morgan fingerprint density at radius 2 is 1.90 bits per heavy atom. The van der Waals surface area contributed by atoms with E-state index in [1.807, 2.05) is 36.4 Å². The number of aromatic nitrogens is 3. The van der Waals surface area contributed by atoms with Gasteiger partial charge in [-0.2, -0.15) is 0 Å². The summed E-state index contributed by atoms with van der Waals surface area (Å²) >= 11 is 1.55. The normalized spacial score (nSPS) is 10.9. The van der Waals surface area contributed by atoms with Gasteiger partial charge in [0.2, 0.25) is 0 Å². The van der Waals surface area contributed by atoms with E-state index in [1.165, 1.54) is 5.56 Å². The molecule has 1 aromatic heterocycles. The van der Waals surface area contributed by atoms with Gasteiger partial charge in [-0.1, -0.05) is 35.0 Å². The molecular weight excluding hydrogens is 282 g/mol. The minimum absolute atomic E-state index is 0.135. The predicted octanol–water partition coefficient (Wildman–Crippen LogP) is 3.10. The standard InChI is InChI=1S/C16H15N3OS/c1-12-6-8-14(9-7-12)21-11-13(20)10-19-16-5-3-2-4-15(16)17-18-19/h2-9H,10-11H2,1H3. The van der Waals surface area contributed by atoms with Crippen molar-refractivity contribution in [1.82, 2.24) is 15.0 Å². The molecule has 0 atom stereocenters. The molecule has 0 N–H and O–H groups in total. The Morgan fingerprint density at radius 1 is 1.14 bits per heavy atom. The van der Waals surface area contributed by atoms with Gasteiger partial charge in [-0.25, -0.2) is 4.68 Å². The highest BCUT2D eigenvalue weighted by molar-refractivity contribution is 8.00. The topological polar surface area (TPSA) is 47.8 Å². The van der Waals surface area contributed by atoms with Crippen molar-refractivity contribution in [2.45, 2.75) is 18.4 Å². The summed E-state index contributed by atoms with van der Waals surface area (Å²) in [5, 5.41) is 8.09. The molecule has 0 spiro atoms. The molecule has 0 aliphatic carbocycles. The van der Waals surface area contributed by atoms with E-state index in [0.29, 0.717) is 5.75 Å². The first kappa shape index (κ1) is 13.8. The van der Waals surface area contributed by atoms with Crippen LogP contribution in [0.1, 0.15) is 5.56 Å². The van der Waals surface area contributed by atoms with Crippen LogP contribution in [0.5, 0.6) is 0 Å². The number of Topliss-reactive ketones (excluding diaryl/α,β-unsaturated/α-hetero) is 1. The number of hydrogen-bond donors (Lipinski definition) is 0. The molecule has 0 amide bonds. The second-order valence-electron chi connectivity index (χ2n) is 4.88. The van der Waals surface area contributed by atoms with Crippen LogP contribution in [-0.2, 0) is 11.3 Å². The van der Waals surface area contributed by atoms with Crippen molar-refractivity contribution in [2.24, 2.45) is 0 Å². The number of fused-ring (bicyclic) bond motifs is 1. The van der Waals surface area contributed by atoms with Crippen LogP contribution in [0.15, 0.2) is 53.4 Å². The molecule has 3 rings (SSSR count). The maximum atomic E-state index is 12.1. The van der Waals surface area contributed by atoms with Crippen LogP contribution in [0.25, 0.3) is 11.0 Å². The first-order valence-electron chi connectivity index (χ1n) is 6.72. The molecule has 0 aliphatic rings. The zero-order valence-corrected chi connectivity index (χ0v) is 12.5. The lowest BCUT2D eigenvalue weighted by Gasteiger charge is -2.03. The molecule has 4 nitrogen and oxygen atoms in total. The molecule has 3 aromatic rings. The Labute approximate surface area is 127 Å². The van der Waals surface area contributed by atoms with E-state index in [2.05, 4.69) is 29.4 Å². The third-order valence-corrected chi connectivity index (χ3v) is 4.24. The third kappa shape index (κ3) is 3.31. The van der Waals surface area contributed by atoms with E-state index in [9.17, 15) is 4.79 Å². The molecule has 0 unspecified atom stereocenters. The zero-order chi connectivity index (χ0) is 14.7. The number of carbonyl (C=O) groups excluding carboxylic acids is 1. The quantitative estimate of drug-likeness (QED) is 0.679. The second kappa shape index (κ2) is 6.10. The van der Waals surface area contributed by atoms with Crippen LogP contribution in [-0.4, -0.2) is 26.5 Å². The van der Waals surface area contributed by atoms with Gasteiger partial charge in [0.15, 0.2) is 5.78 Å². The van der Waals surface area contributed by atoms with Crippen molar-refractivity contribution >= 4 is 28.6 Å². The number of para-hydroxylation sites is 1. The van der Waals surface area contributed by atoms with Gasteiger partial charge in [0.1, 0.15) is 12.1 Å². The Balaban J connectivity index is 1.62. The van der Waals surface area contributed by atoms with E-state index in [0.717, 1.165) is 15.9 Å². The fraction of sp³-hybridized carbons (Fsp3) is 0.188. The van der Waals surface area contributed by atoms with Gasteiger partial charge in [-0.3, -0.25) is 4.79 Å². The Kier molecular flexibility index (Phi) is 4.01. The summed E-state index contributed by atoms with van der Waals surface area (Å²) in [7, 11) is 0. The van der Waals surface area contributed by atoms with Crippen LogP contribution in [0.4, 0.5) is 0 Å². The summed E-state index contributed by atoms with van der Waals surface area (Å²) < 4.78 is 1.66. The van der Waals surface area contributed by atoms with Crippen molar-refractivity contribution < 1.29 is 4.79 Å². The van der Waals surface area contributed by atoms with E-state index < -0.39 is 0 Å². The summed E-state index contributed by atoms with van der Waals surface area (Å²) in [6.45, 7) is 2.31. The molecule has 0 radical (unpaired) electrons. The van der Waals surface area contributed by atoms with Crippen molar-refractivity contribution in [1.29, 1.82) is 0 Å². The van der Waals surface area contributed by atoms with Gasteiger partial charge >= 0.3 is 0 Å². The first-order valence-corrected chi connectivity index (χ1v) is 7.70. The lowest BCUT2D eigenvalue weighted by molar-refractivity contribution is -0.117. The highest BCUT2D eigenvalue weighted by Gasteiger charge is 2.09. The molecule has 1 heterocycles. The number of hydrogen-bond acceptors (Lipinski definition) is 4. The van der Waals surface area contributed by atoms with E-state index in [-0.39, 0.29) is 12.3 Å². The number of carbonyl (C=O) groups is 1. The minimum atomic E-state index is 0.135. The van der Waals surface area contributed by atoms with Crippen molar-refractivity contribution in [3.8, 4) is 0 Å². The molecule has 106 valence electrons. The van der Waals surface area contributed by atoms with E-state index >= 15 is 0 Å². The molecule has 2 aromatic carbocycles. The first-order chi connectivity index (χ1) is 10.2. The molecule has 0 saturated heterocycles. The Bertz CT molecular complexity index is 765. The SMILES string of the molecule is Cc1ccc(SCC(=O)Cn2nnc3ccccc32)cc1. The van der Waals surface area contributed by atoms with Crippen LogP contribution >= 0.6 is 11.8 Å². The van der Waals surface area contributed by atoms with Gasteiger partial charge in [-0.05, 0) is 31.2 Å². The molecular formula is C16H15N3OS. The second-order valence-corrected chi connectivity index (χ2v) is 5.92. The molecule has 21 heavy (non-hydrogen) atoms. The summed E-state index contributed by atoms with van der Waals surface area (Å²) in [5.74, 6) is 0.577. The number of benzene rings is 2. The highest BCUT2D eigenvalue weighted by Crippen LogP contribution is 2.18. The van der Waals surface area contributed by atoms with Crippen LogP contribution in [0, 0.1) is 6.92 Å². The summed E-state index contributed by atoms with van der Waals surface area (Å²) in [5.41, 5.74) is 2.93. The number of nitrogens with zero attached hydrogens (tertiary/aromatic N) is 3. The van der Waals surface area contributed by atoms with Crippen molar-refractivity contribution in [3.05, 3.63) is 54.1 Å². The zero-order valence-electron chi connectivity index (χ0n) is 11.7. The summed E-state index contributed by atoms with van der Waals surface area (Å²) in [6.07, 6.45) is 0. The van der Waals surface area contributed by atoms with Crippen LogP contribution in [0.3, 0.4) is 0 Å². The van der Waals surface area contributed by atoms with Crippen LogP contribution < -0.4 is 0 Å². The van der Waals surface area contributed by atoms with Gasteiger partial charge in [0.25, 0.3) is 0 Å². The van der Waals surface area contributed by atoms with Crippen molar-refractivity contribution in [2.75, 3.05) is 5.75 Å². The molecule has 5 heteroatoms. The summed E-state index contributed by atoms with van der Waals surface area (Å²) in [6, 6.07) is 15.8. The monoisotopic (exact) mass is 297 g/mol. The number of rotatable bonds is 5. The highest BCUT2D eigenvalue weighted by atomic mass is 32.2. The Hall–Kier alpha value is -2.14. The summed E-state index contributed by atoms with van der Waals surface area (Å²) in [4.78, 5) is 13.2. The molecule has 0 bridgehead atoms. The molecule has 0 fully saturated rings. The van der Waals surface area contributed by atoms with Gasteiger partial charge in [-0.15, -0.1) is 16.9 Å². The maximum absolute atomic E-state index is 12.1. The fourth-order valence-electron chi connectivity index (χ4n) is 2.05.